The Bertz CT molecular complexity index is 248. The molecule has 1 aliphatic heterocycles. The van der Waals surface area contributed by atoms with E-state index in [4.69, 9.17) is 4.74 Å². The maximum Gasteiger partial charge on any atom is 0.136 e. The Kier molecular flexibility index (Phi) is 3.98. The topological polar surface area (TPSA) is 38.3 Å². The van der Waals surface area contributed by atoms with Crippen LogP contribution in [-0.2, 0) is 9.53 Å². The summed E-state index contributed by atoms with van der Waals surface area (Å²) in [7, 11) is 1.93. The van der Waals surface area contributed by atoms with Crippen LogP contribution in [0.25, 0.3) is 0 Å². The highest BCUT2D eigenvalue weighted by atomic mass is 16.5. The lowest BCUT2D eigenvalue weighted by molar-refractivity contribution is -0.155. The normalized spacial score (nSPS) is 27.7. The maximum absolute atomic E-state index is 12.0. The maximum atomic E-state index is 12.0. The molecule has 0 aromatic carbocycles. The van der Waals surface area contributed by atoms with E-state index in [1.807, 2.05) is 7.05 Å². The number of carbonyl (C=O) groups excluding carboxylic acids is 1. The van der Waals surface area contributed by atoms with Crippen LogP contribution in [0.4, 0.5) is 0 Å². The molecular formula is C13H23NO2. The van der Waals surface area contributed by atoms with Gasteiger partial charge in [0.2, 0.25) is 0 Å². The summed E-state index contributed by atoms with van der Waals surface area (Å²) in [4.78, 5) is 12.0. The van der Waals surface area contributed by atoms with Gasteiger partial charge in [-0.1, -0.05) is 0 Å². The lowest BCUT2D eigenvalue weighted by atomic mass is 9.71. The van der Waals surface area contributed by atoms with E-state index in [2.05, 4.69) is 5.32 Å². The monoisotopic (exact) mass is 225 g/mol. The van der Waals surface area contributed by atoms with Gasteiger partial charge in [0, 0.05) is 18.9 Å². The molecule has 92 valence electrons. The highest BCUT2D eigenvalue weighted by Gasteiger charge is 2.43. The number of carbonyl (C=O) groups is 1. The summed E-state index contributed by atoms with van der Waals surface area (Å²) in [5, 5.41) is 3.09. The van der Waals surface area contributed by atoms with E-state index in [0.29, 0.717) is 5.78 Å². The van der Waals surface area contributed by atoms with Crippen molar-refractivity contribution in [3.05, 3.63) is 0 Å². The average molecular weight is 225 g/mol. The van der Waals surface area contributed by atoms with E-state index in [-0.39, 0.29) is 11.5 Å². The molecule has 0 aromatic heterocycles. The van der Waals surface area contributed by atoms with Crippen LogP contribution in [-0.4, -0.2) is 31.6 Å². The first-order valence-electron chi connectivity index (χ1n) is 6.57. The number of hydrogen-bond donors (Lipinski definition) is 1. The summed E-state index contributed by atoms with van der Waals surface area (Å²) in [5.41, 5.74) is 0.113. The first kappa shape index (κ1) is 12.1. The van der Waals surface area contributed by atoms with E-state index in [9.17, 15) is 4.79 Å². The fourth-order valence-corrected chi connectivity index (χ4v) is 2.87. The summed E-state index contributed by atoms with van der Waals surface area (Å²) < 4.78 is 5.84. The van der Waals surface area contributed by atoms with E-state index in [1.54, 1.807) is 0 Å². The van der Waals surface area contributed by atoms with Crippen molar-refractivity contribution in [1.29, 1.82) is 0 Å². The van der Waals surface area contributed by atoms with Gasteiger partial charge in [0.15, 0.2) is 0 Å². The number of ether oxygens (including phenoxy) is 1. The minimum atomic E-state index is 0.113. The predicted octanol–water partition coefficient (Wildman–Crippen LogP) is 1.90. The van der Waals surface area contributed by atoms with Crippen LogP contribution in [0.3, 0.4) is 0 Å². The Labute approximate surface area is 97.9 Å². The van der Waals surface area contributed by atoms with Gasteiger partial charge >= 0.3 is 0 Å². The Balaban J connectivity index is 1.77. The number of rotatable bonds is 5. The molecule has 0 radical (unpaired) electrons. The zero-order valence-electron chi connectivity index (χ0n) is 10.3. The van der Waals surface area contributed by atoms with Gasteiger partial charge in [-0.25, -0.2) is 0 Å². The molecule has 0 bridgehead atoms. The van der Waals surface area contributed by atoms with Crippen molar-refractivity contribution < 1.29 is 9.53 Å². The summed E-state index contributed by atoms with van der Waals surface area (Å²) >= 11 is 0. The van der Waals surface area contributed by atoms with Crippen LogP contribution in [0.2, 0.25) is 0 Å². The molecule has 3 nitrogen and oxygen atoms in total. The van der Waals surface area contributed by atoms with E-state index < -0.39 is 0 Å². The van der Waals surface area contributed by atoms with Crippen LogP contribution < -0.4 is 5.32 Å². The second-order valence-corrected chi connectivity index (χ2v) is 5.25. The van der Waals surface area contributed by atoms with Crippen LogP contribution in [0.5, 0.6) is 0 Å². The molecule has 1 heterocycles. The van der Waals surface area contributed by atoms with Gasteiger partial charge in [0.25, 0.3) is 0 Å². The lowest BCUT2D eigenvalue weighted by Gasteiger charge is -2.46. The summed E-state index contributed by atoms with van der Waals surface area (Å²) in [5.74, 6) is 0.746. The Morgan fingerprint density at radius 3 is 2.94 bits per heavy atom. The zero-order chi connectivity index (χ0) is 11.4. The molecule has 0 amide bonds. The predicted molar refractivity (Wildman–Crippen MR) is 63.4 cm³/mol. The third-order valence-electron chi connectivity index (χ3n) is 4.06. The third-order valence-corrected chi connectivity index (χ3v) is 4.06. The molecule has 1 atom stereocenters. The lowest BCUT2D eigenvalue weighted by Crippen LogP contribution is -2.47. The average Bonchev–Trinajstić information content (AvgIpc) is 2.27. The van der Waals surface area contributed by atoms with Crippen molar-refractivity contribution in [2.75, 3.05) is 20.2 Å². The first-order chi connectivity index (χ1) is 7.76. The van der Waals surface area contributed by atoms with Crippen molar-refractivity contribution in [3.63, 3.8) is 0 Å². The molecule has 1 spiro atoms. The number of ketones is 1. The molecule has 1 aliphatic carbocycles. The fraction of sp³-hybridized carbons (Fsp3) is 0.923. The standard InChI is InChI=1S/C13H23NO2/c1-14-8-2-4-12(15)11-5-9-16-13(10-11)6-3-7-13/h11,14H,2-10H2,1H3. The summed E-state index contributed by atoms with van der Waals surface area (Å²) in [6, 6.07) is 0. The molecular weight excluding hydrogens is 202 g/mol. The fourth-order valence-electron chi connectivity index (χ4n) is 2.87. The molecule has 1 saturated heterocycles. The Hall–Kier alpha value is -0.410. The first-order valence-corrected chi connectivity index (χ1v) is 6.57. The highest BCUT2D eigenvalue weighted by molar-refractivity contribution is 5.81. The minimum absolute atomic E-state index is 0.113. The smallest absolute Gasteiger partial charge is 0.136 e. The number of hydrogen-bond acceptors (Lipinski definition) is 3. The highest BCUT2D eigenvalue weighted by Crippen LogP contribution is 2.44. The van der Waals surface area contributed by atoms with Crippen LogP contribution in [0.15, 0.2) is 0 Å². The number of Topliss-reactive ketones (excluding diaryl/α,β-unsaturated/α-hetero) is 1. The molecule has 16 heavy (non-hydrogen) atoms. The van der Waals surface area contributed by atoms with Gasteiger partial charge in [-0.15, -0.1) is 0 Å². The quantitative estimate of drug-likeness (QED) is 0.726. The van der Waals surface area contributed by atoms with Crippen molar-refractivity contribution in [2.45, 2.75) is 50.5 Å². The van der Waals surface area contributed by atoms with Gasteiger partial charge in [0.1, 0.15) is 5.78 Å². The second kappa shape index (κ2) is 5.28. The van der Waals surface area contributed by atoms with Gasteiger partial charge in [-0.05, 0) is 52.1 Å². The summed E-state index contributed by atoms with van der Waals surface area (Å²) in [6.45, 7) is 1.74. The minimum Gasteiger partial charge on any atom is -0.375 e. The van der Waals surface area contributed by atoms with E-state index in [1.165, 1.54) is 19.3 Å². The van der Waals surface area contributed by atoms with Gasteiger partial charge < -0.3 is 10.1 Å². The third kappa shape index (κ3) is 2.64. The SMILES string of the molecule is CNCCCC(=O)C1CCOC2(CCC2)C1. The molecule has 0 aromatic rings. The number of nitrogens with one attached hydrogen (secondary N) is 1. The van der Waals surface area contributed by atoms with Gasteiger partial charge in [-0.2, -0.15) is 0 Å². The molecule has 2 fully saturated rings. The second-order valence-electron chi connectivity index (χ2n) is 5.25. The summed E-state index contributed by atoms with van der Waals surface area (Å²) in [6.07, 6.45) is 7.27. The van der Waals surface area contributed by atoms with Crippen molar-refractivity contribution in [2.24, 2.45) is 5.92 Å². The largest absolute Gasteiger partial charge is 0.375 e. The van der Waals surface area contributed by atoms with E-state index in [0.717, 1.165) is 38.8 Å². The Morgan fingerprint density at radius 1 is 1.50 bits per heavy atom. The van der Waals surface area contributed by atoms with Crippen molar-refractivity contribution in [1.82, 2.24) is 5.32 Å². The zero-order valence-corrected chi connectivity index (χ0v) is 10.3. The van der Waals surface area contributed by atoms with Crippen molar-refractivity contribution >= 4 is 5.78 Å². The molecule has 1 saturated carbocycles. The molecule has 2 rings (SSSR count). The molecule has 2 aliphatic rings. The van der Waals surface area contributed by atoms with Gasteiger partial charge in [-0.3, -0.25) is 4.79 Å². The van der Waals surface area contributed by atoms with Crippen LogP contribution in [0.1, 0.15) is 44.9 Å². The van der Waals surface area contributed by atoms with Crippen LogP contribution >= 0.6 is 0 Å². The Morgan fingerprint density at radius 2 is 2.31 bits per heavy atom. The molecule has 1 N–H and O–H groups in total. The molecule has 3 heteroatoms. The van der Waals surface area contributed by atoms with Crippen molar-refractivity contribution in [3.8, 4) is 0 Å². The van der Waals surface area contributed by atoms with E-state index >= 15 is 0 Å². The van der Waals surface area contributed by atoms with Gasteiger partial charge in [0.05, 0.1) is 5.60 Å². The van der Waals surface area contributed by atoms with Crippen LogP contribution in [0, 0.1) is 5.92 Å². The molecule has 1 unspecified atom stereocenters.